The number of esters is 1. The minimum atomic E-state index is -0.247. The molecule has 0 aromatic carbocycles. The SMILES string of the molecule is COC(=O)CSc1ncnc(SC)c1C. The average molecular weight is 244 g/mol. The van der Waals surface area contributed by atoms with Crippen molar-refractivity contribution in [1.82, 2.24) is 9.97 Å². The summed E-state index contributed by atoms with van der Waals surface area (Å²) in [5.74, 6) is 0.0334. The molecule has 4 nitrogen and oxygen atoms in total. The molecule has 1 rings (SSSR count). The maximum atomic E-state index is 11.0. The Morgan fingerprint density at radius 2 is 2.13 bits per heavy atom. The lowest BCUT2D eigenvalue weighted by atomic mass is 10.4. The summed E-state index contributed by atoms with van der Waals surface area (Å²) >= 11 is 2.94. The summed E-state index contributed by atoms with van der Waals surface area (Å²) in [4.78, 5) is 19.2. The summed E-state index contributed by atoms with van der Waals surface area (Å²) in [7, 11) is 1.38. The van der Waals surface area contributed by atoms with E-state index in [1.807, 2.05) is 13.2 Å². The highest BCUT2D eigenvalue weighted by atomic mass is 32.2. The van der Waals surface area contributed by atoms with Gasteiger partial charge in [-0.3, -0.25) is 4.79 Å². The van der Waals surface area contributed by atoms with E-state index in [1.165, 1.54) is 25.2 Å². The third-order valence-electron chi connectivity index (χ3n) is 1.74. The van der Waals surface area contributed by atoms with Crippen LogP contribution in [-0.2, 0) is 9.53 Å². The van der Waals surface area contributed by atoms with Gasteiger partial charge in [0.05, 0.1) is 12.9 Å². The minimum absolute atomic E-state index is 0.247. The van der Waals surface area contributed by atoms with E-state index in [-0.39, 0.29) is 11.7 Å². The third kappa shape index (κ3) is 3.39. The summed E-state index contributed by atoms with van der Waals surface area (Å²) in [5, 5.41) is 1.78. The van der Waals surface area contributed by atoms with Gasteiger partial charge < -0.3 is 4.74 Å². The molecular weight excluding hydrogens is 232 g/mol. The Balaban J connectivity index is 2.73. The molecule has 15 heavy (non-hydrogen) atoms. The molecule has 0 saturated heterocycles. The predicted molar refractivity (Wildman–Crippen MR) is 61.3 cm³/mol. The lowest BCUT2D eigenvalue weighted by Gasteiger charge is -2.05. The number of hydrogen-bond donors (Lipinski definition) is 0. The van der Waals surface area contributed by atoms with Gasteiger partial charge in [-0.2, -0.15) is 0 Å². The van der Waals surface area contributed by atoms with E-state index in [1.54, 1.807) is 11.8 Å². The van der Waals surface area contributed by atoms with Crippen LogP contribution in [-0.4, -0.2) is 35.1 Å². The summed E-state index contributed by atoms with van der Waals surface area (Å²) in [6.07, 6.45) is 3.47. The molecule has 0 unspecified atom stereocenters. The molecule has 1 heterocycles. The third-order valence-corrected chi connectivity index (χ3v) is 3.60. The van der Waals surface area contributed by atoms with Gasteiger partial charge in [0.25, 0.3) is 0 Å². The molecule has 1 aromatic rings. The Morgan fingerprint density at radius 3 is 2.73 bits per heavy atom. The second kappa shape index (κ2) is 5.97. The van der Waals surface area contributed by atoms with Crippen LogP contribution < -0.4 is 0 Å². The average Bonchev–Trinajstić information content (AvgIpc) is 2.27. The van der Waals surface area contributed by atoms with E-state index in [4.69, 9.17) is 0 Å². The Bertz CT molecular complexity index is 358. The topological polar surface area (TPSA) is 52.1 Å². The molecule has 0 saturated carbocycles. The largest absolute Gasteiger partial charge is 0.468 e. The monoisotopic (exact) mass is 244 g/mol. The first-order valence-corrected chi connectivity index (χ1v) is 6.45. The first-order valence-electron chi connectivity index (χ1n) is 4.24. The standard InChI is InChI=1S/C9H12N2O2S2/c1-6-8(14-3)10-5-11-9(6)15-4-7(12)13-2/h5H,4H2,1-3H3. The maximum Gasteiger partial charge on any atom is 0.316 e. The van der Waals surface area contributed by atoms with Crippen LogP contribution in [0.4, 0.5) is 0 Å². The number of thioether (sulfide) groups is 2. The highest BCUT2D eigenvalue weighted by Gasteiger charge is 2.09. The first-order chi connectivity index (χ1) is 7.19. The van der Waals surface area contributed by atoms with Gasteiger partial charge in [0.15, 0.2) is 0 Å². The molecule has 0 aliphatic heterocycles. The normalized spacial score (nSPS) is 10.1. The van der Waals surface area contributed by atoms with Crippen molar-refractivity contribution in [3.8, 4) is 0 Å². The number of ether oxygens (including phenoxy) is 1. The Kier molecular flexibility index (Phi) is 4.90. The van der Waals surface area contributed by atoms with Crippen molar-refractivity contribution in [2.45, 2.75) is 17.0 Å². The summed E-state index contributed by atoms with van der Waals surface area (Å²) in [6.45, 7) is 1.95. The molecule has 0 aliphatic carbocycles. The van der Waals surface area contributed by atoms with E-state index < -0.39 is 0 Å². The number of aromatic nitrogens is 2. The molecule has 0 spiro atoms. The fourth-order valence-electron chi connectivity index (χ4n) is 0.956. The number of carbonyl (C=O) groups excluding carboxylic acids is 1. The number of methoxy groups -OCH3 is 1. The maximum absolute atomic E-state index is 11.0. The zero-order valence-corrected chi connectivity index (χ0v) is 10.4. The van der Waals surface area contributed by atoms with E-state index in [9.17, 15) is 4.79 Å². The number of carbonyl (C=O) groups is 1. The molecule has 0 fully saturated rings. The van der Waals surface area contributed by atoms with Gasteiger partial charge in [-0.1, -0.05) is 11.8 Å². The molecule has 0 amide bonds. The van der Waals surface area contributed by atoms with Crippen molar-refractivity contribution in [2.24, 2.45) is 0 Å². The zero-order chi connectivity index (χ0) is 11.3. The lowest BCUT2D eigenvalue weighted by molar-refractivity contribution is -0.137. The van der Waals surface area contributed by atoms with Gasteiger partial charge in [-0.05, 0) is 13.2 Å². The summed E-state index contributed by atoms with van der Waals surface area (Å²) in [5.41, 5.74) is 1.01. The van der Waals surface area contributed by atoms with E-state index >= 15 is 0 Å². The van der Waals surface area contributed by atoms with Crippen molar-refractivity contribution >= 4 is 29.5 Å². The zero-order valence-electron chi connectivity index (χ0n) is 8.81. The van der Waals surface area contributed by atoms with Crippen LogP contribution in [0.1, 0.15) is 5.56 Å². The number of rotatable bonds is 4. The summed E-state index contributed by atoms with van der Waals surface area (Å²) in [6, 6.07) is 0. The van der Waals surface area contributed by atoms with Crippen molar-refractivity contribution in [1.29, 1.82) is 0 Å². The van der Waals surface area contributed by atoms with Gasteiger partial charge in [0.2, 0.25) is 0 Å². The smallest absolute Gasteiger partial charge is 0.316 e. The van der Waals surface area contributed by atoms with Gasteiger partial charge in [0, 0.05) is 5.56 Å². The molecule has 0 aliphatic rings. The van der Waals surface area contributed by atoms with Crippen molar-refractivity contribution in [3.05, 3.63) is 11.9 Å². The number of nitrogens with zero attached hydrogens (tertiary/aromatic N) is 2. The van der Waals surface area contributed by atoms with Crippen molar-refractivity contribution in [3.63, 3.8) is 0 Å². The minimum Gasteiger partial charge on any atom is -0.468 e. The van der Waals surface area contributed by atoms with Crippen molar-refractivity contribution in [2.75, 3.05) is 19.1 Å². The van der Waals surface area contributed by atoms with Crippen LogP contribution >= 0.6 is 23.5 Å². The Labute approximate surface area is 97.2 Å². The van der Waals surface area contributed by atoms with Gasteiger partial charge in [0.1, 0.15) is 16.4 Å². The molecule has 0 bridgehead atoms. The van der Waals surface area contributed by atoms with E-state index in [0.717, 1.165) is 15.6 Å². The molecule has 82 valence electrons. The fourth-order valence-corrected chi connectivity index (χ4v) is 2.38. The van der Waals surface area contributed by atoms with E-state index in [2.05, 4.69) is 14.7 Å². The lowest BCUT2D eigenvalue weighted by Crippen LogP contribution is -2.04. The van der Waals surface area contributed by atoms with Crippen LogP contribution in [0.2, 0.25) is 0 Å². The molecule has 0 N–H and O–H groups in total. The fraction of sp³-hybridized carbons (Fsp3) is 0.444. The summed E-state index contributed by atoms with van der Waals surface area (Å²) < 4.78 is 4.56. The number of hydrogen-bond acceptors (Lipinski definition) is 6. The van der Waals surface area contributed by atoms with Gasteiger partial charge >= 0.3 is 5.97 Å². The van der Waals surface area contributed by atoms with Crippen LogP contribution in [0.15, 0.2) is 16.4 Å². The van der Waals surface area contributed by atoms with Crippen molar-refractivity contribution < 1.29 is 9.53 Å². The molecule has 1 aromatic heterocycles. The molecular formula is C9H12N2O2S2. The quantitative estimate of drug-likeness (QED) is 0.457. The predicted octanol–water partition coefficient (Wildman–Crippen LogP) is 1.77. The highest BCUT2D eigenvalue weighted by Crippen LogP contribution is 2.25. The van der Waals surface area contributed by atoms with Crippen LogP contribution in [0.5, 0.6) is 0 Å². The van der Waals surface area contributed by atoms with E-state index in [0.29, 0.717) is 0 Å². The van der Waals surface area contributed by atoms with Crippen LogP contribution in [0, 0.1) is 6.92 Å². The van der Waals surface area contributed by atoms with Gasteiger partial charge in [-0.15, -0.1) is 11.8 Å². The Morgan fingerprint density at radius 1 is 1.47 bits per heavy atom. The molecule has 0 radical (unpaired) electrons. The second-order valence-electron chi connectivity index (χ2n) is 2.68. The molecule has 6 heteroatoms. The van der Waals surface area contributed by atoms with Gasteiger partial charge in [-0.25, -0.2) is 9.97 Å². The Hall–Kier alpha value is -0.750. The second-order valence-corrected chi connectivity index (χ2v) is 4.44. The van der Waals surface area contributed by atoms with Crippen LogP contribution in [0.3, 0.4) is 0 Å². The highest BCUT2D eigenvalue weighted by molar-refractivity contribution is 8.00. The molecule has 0 atom stereocenters. The first kappa shape index (κ1) is 12.3. The van der Waals surface area contributed by atoms with Crippen LogP contribution in [0.25, 0.3) is 0 Å².